The fraction of sp³-hybridized carbons (Fsp3) is 0.333. The average Bonchev–Trinajstić information content (AvgIpc) is 2.71. The topological polar surface area (TPSA) is 52.7 Å². The van der Waals surface area contributed by atoms with E-state index in [4.69, 9.17) is 0 Å². The SMILES string of the molecule is CC(C(=O)Nc1ccccc1F)N1CCN(C(=O)Cc2ccc(F)cc2)CC1. The summed E-state index contributed by atoms with van der Waals surface area (Å²) >= 11 is 0. The minimum atomic E-state index is -0.473. The summed E-state index contributed by atoms with van der Waals surface area (Å²) in [5.74, 6) is -1.10. The van der Waals surface area contributed by atoms with Gasteiger partial charge in [0.25, 0.3) is 0 Å². The predicted octanol–water partition coefficient (Wildman–Crippen LogP) is 2.68. The number of amides is 2. The van der Waals surface area contributed by atoms with Gasteiger partial charge in [-0.1, -0.05) is 24.3 Å². The number of carbonyl (C=O) groups is 2. The van der Waals surface area contributed by atoms with Gasteiger partial charge in [0.05, 0.1) is 18.2 Å². The third-order valence-electron chi connectivity index (χ3n) is 4.99. The zero-order valence-corrected chi connectivity index (χ0v) is 15.7. The van der Waals surface area contributed by atoms with Crippen LogP contribution in [0.2, 0.25) is 0 Å². The number of piperazine rings is 1. The number of hydrogen-bond acceptors (Lipinski definition) is 3. The molecule has 3 rings (SSSR count). The van der Waals surface area contributed by atoms with E-state index >= 15 is 0 Å². The maximum absolute atomic E-state index is 13.7. The van der Waals surface area contributed by atoms with Crippen molar-refractivity contribution in [2.24, 2.45) is 0 Å². The van der Waals surface area contributed by atoms with Crippen LogP contribution < -0.4 is 5.32 Å². The molecule has 2 aromatic rings. The zero-order valence-electron chi connectivity index (χ0n) is 15.7. The van der Waals surface area contributed by atoms with E-state index in [1.54, 1.807) is 36.1 Å². The maximum atomic E-state index is 13.7. The highest BCUT2D eigenvalue weighted by Gasteiger charge is 2.27. The van der Waals surface area contributed by atoms with Crippen LogP contribution in [-0.4, -0.2) is 53.8 Å². The molecule has 28 heavy (non-hydrogen) atoms. The number of nitrogens with one attached hydrogen (secondary N) is 1. The molecule has 1 aliphatic rings. The Morgan fingerprint density at radius 2 is 1.64 bits per heavy atom. The summed E-state index contributed by atoms with van der Waals surface area (Å²) in [6.07, 6.45) is 0.226. The molecule has 0 saturated carbocycles. The molecule has 0 spiro atoms. The quantitative estimate of drug-likeness (QED) is 0.858. The number of benzene rings is 2. The summed E-state index contributed by atoms with van der Waals surface area (Å²) < 4.78 is 26.7. The van der Waals surface area contributed by atoms with Crippen molar-refractivity contribution in [3.8, 4) is 0 Å². The molecule has 0 aromatic heterocycles. The molecule has 0 bridgehead atoms. The van der Waals surface area contributed by atoms with Gasteiger partial charge in [-0.05, 0) is 36.8 Å². The number of para-hydroxylation sites is 1. The highest BCUT2D eigenvalue weighted by Crippen LogP contribution is 2.15. The molecule has 1 saturated heterocycles. The number of anilines is 1. The Bertz CT molecular complexity index is 834. The van der Waals surface area contributed by atoms with E-state index in [0.717, 1.165) is 5.56 Å². The fourth-order valence-corrected chi connectivity index (χ4v) is 3.21. The normalized spacial score (nSPS) is 15.9. The van der Waals surface area contributed by atoms with E-state index in [9.17, 15) is 18.4 Å². The average molecular weight is 387 g/mol. The van der Waals surface area contributed by atoms with Gasteiger partial charge in [-0.15, -0.1) is 0 Å². The molecule has 7 heteroatoms. The molecule has 2 aromatic carbocycles. The van der Waals surface area contributed by atoms with Crippen LogP contribution in [0.25, 0.3) is 0 Å². The lowest BCUT2D eigenvalue weighted by Crippen LogP contribution is -2.54. The third-order valence-corrected chi connectivity index (χ3v) is 4.99. The standard InChI is InChI=1S/C21H23F2N3O2/c1-15(21(28)24-19-5-3-2-4-18(19)23)25-10-12-26(13-11-25)20(27)14-16-6-8-17(22)9-7-16/h2-9,15H,10-14H2,1H3,(H,24,28). The number of nitrogens with zero attached hydrogens (tertiary/aromatic N) is 2. The van der Waals surface area contributed by atoms with Crippen molar-refractivity contribution in [3.63, 3.8) is 0 Å². The Morgan fingerprint density at radius 3 is 2.29 bits per heavy atom. The van der Waals surface area contributed by atoms with Crippen molar-refractivity contribution in [3.05, 3.63) is 65.7 Å². The summed E-state index contributed by atoms with van der Waals surface area (Å²) in [4.78, 5) is 28.6. The smallest absolute Gasteiger partial charge is 0.241 e. The number of hydrogen-bond donors (Lipinski definition) is 1. The van der Waals surface area contributed by atoms with Crippen molar-refractivity contribution < 1.29 is 18.4 Å². The Hall–Kier alpha value is -2.80. The van der Waals surface area contributed by atoms with Crippen molar-refractivity contribution >= 4 is 17.5 Å². The number of rotatable bonds is 5. The summed E-state index contributed by atoms with van der Waals surface area (Å²) in [6.45, 7) is 3.91. The first-order valence-corrected chi connectivity index (χ1v) is 9.25. The summed E-state index contributed by atoms with van der Waals surface area (Å²) in [6, 6.07) is 11.5. The molecular formula is C21H23F2N3O2. The van der Waals surface area contributed by atoms with E-state index < -0.39 is 11.9 Å². The largest absolute Gasteiger partial charge is 0.340 e. The minimum absolute atomic E-state index is 0.0188. The first-order valence-electron chi connectivity index (χ1n) is 9.25. The van der Waals surface area contributed by atoms with Crippen LogP contribution in [0.3, 0.4) is 0 Å². The molecule has 0 aliphatic carbocycles. The fourth-order valence-electron chi connectivity index (χ4n) is 3.21. The third kappa shape index (κ3) is 4.92. The second-order valence-electron chi connectivity index (χ2n) is 6.87. The molecule has 1 unspecified atom stereocenters. The lowest BCUT2D eigenvalue weighted by molar-refractivity contribution is -0.133. The lowest BCUT2D eigenvalue weighted by Gasteiger charge is -2.37. The highest BCUT2D eigenvalue weighted by molar-refractivity contribution is 5.94. The molecule has 1 aliphatic heterocycles. The van der Waals surface area contributed by atoms with Crippen LogP contribution in [0, 0.1) is 11.6 Å². The second-order valence-corrected chi connectivity index (χ2v) is 6.87. The van der Waals surface area contributed by atoms with Gasteiger partial charge >= 0.3 is 0 Å². The first kappa shape index (κ1) is 19.9. The molecule has 1 atom stereocenters. The summed E-state index contributed by atoms with van der Waals surface area (Å²) in [5.41, 5.74) is 0.930. The number of carbonyl (C=O) groups excluding carboxylic acids is 2. The first-order chi connectivity index (χ1) is 13.4. The van der Waals surface area contributed by atoms with Crippen LogP contribution in [0.15, 0.2) is 48.5 Å². The Balaban J connectivity index is 1.50. The lowest BCUT2D eigenvalue weighted by atomic mass is 10.1. The van der Waals surface area contributed by atoms with Crippen molar-refractivity contribution in [2.45, 2.75) is 19.4 Å². The van der Waals surface area contributed by atoms with Crippen LogP contribution in [0.1, 0.15) is 12.5 Å². The second kappa shape index (κ2) is 8.93. The molecule has 5 nitrogen and oxygen atoms in total. The van der Waals surface area contributed by atoms with Crippen molar-refractivity contribution in [2.75, 3.05) is 31.5 Å². The molecule has 148 valence electrons. The molecule has 1 N–H and O–H groups in total. The molecule has 2 amide bonds. The van der Waals surface area contributed by atoms with E-state index in [2.05, 4.69) is 5.32 Å². The molecule has 0 radical (unpaired) electrons. The Morgan fingerprint density at radius 1 is 1.00 bits per heavy atom. The monoisotopic (exact) mass is 387 g/mol. The van der Waals surface area contributed by atoms with Crippen LogP contribution in [0.4, 0.5) is 14.5 Å². The molecule has 1 heterocycles. The number of halogens is 2. The van der Waals surface area contributed by atoms with Crippen LogP contribution >= 0.6 is 0 Å². The van der Waals surface area contributed by atoms with Crippen molar-refractivity contribution in [1.82, 2.24) is 9.80 Å². The minimum Gasteiger partial charge on any atom is -0.340 e. The van der Waals surface area contributed by atoms with E-state index in [0.29, 0.717) is 26.2 Å². The van der Waals surface area contributed by atoms with Gasteiger partial charge < -0.3 is 10.2 Å². The highest BCUT2D eigenvalue weighted by atomic mass is 19.1. The Kier molecular flexibility index (Phi) is 6.36. The summed E-state index contributed by atoms with van der Waals surface area (Å²) in [5, 5.41) is 2.61. The Labute approximate surface area is 162 Å². The van der Waals surface area contributed by atoms with E-state index in [1.807, 2.05) is 4.90 Å². The van der Waals surface area contributed by atoms with E-state index in [1.165, 1.54) is 24.3 Å². The van der Waals surface area contributed by atoms with Gasteiger partial charge in [0.2, 0.25) is 11.8 Å². The van der Waals surface area contributed by atoms with Gasteiger partial charge in [0, 0.05) is 26.2 Å². The predicted molar refractivity (Wildman–Crippen MR) is 103 cm³/mol. The maximum Gasteiger partial charge on any atom is 0.241 e. The van der Waals surface area contributed by atoms with Gasteiger partial charge in [-0.25, -0.2) is 8.78 Å². The van der Waals surface area contributed by atoms with Gasteiger partial charge in [0.15, 0.2) is 0 Å². The van der Waals surface area contributed by atoms with Crippen molar-refractivity contribution in [1.29, 1.82) is 0 Å². The zero-order chi connectivity index (χ0) is 20.1. The van der Waals surface area contributed by atoms with Gasteiger partial charge in [-0.2, -0.15) is 0 Å². The van der Waals surface area contributed by atoms with Gasteiger partial charge in [0.1, 0.15) is 11.6 Å². The van der Waals surface area contributed by atoms with Gasteiger partial charge in [-0.3, -0.25) is 14.5 Å². The van der Waals surface area contributed by atoms with Crippen LogP contribution in [-0.2, 0) is 16.0 Å². The molecular weight excluding hydrogens is 364 g/mol. The van der Waals surface area contributed by atoms with E-state index in [-0.39, 0.29) is 29.7 Å². The van der Waals surface area contributed by atoms with Crippen LogP contribution in [0.5, 0.6) is 0 Å². The summed E-state index contributed by atoms with van der Waals surface area (Å²) in [7, 11) is 0. The molecule has 1 fully saturated rings.